The Hall–Kier alpha value is -2.56. The summed E-state index contributed by atoms with van der Waals surface area (Å²) in [6.45, 7) is 8.10. The minimum Gasteiger partial charge on any atom is -0.507 e. The molecule has 0 atom stereocenters. The first-order chi connectivity index (χ1) is 14.1. The molecule has 0 aliphatic heterocycles. The van der Waals surface area contributed by atoms with E-state index in [0.717, 1.165) is 33.8 Å². The topological polar surface area (TPSA) is 33.1 Å². The molecule has 0 saturated heterocycles. The molecule has 29 heavy (non-hydrogen) atoms. The molecule has 0 amide bonds. The second kappa shape index (κ2) is 10.3. The van der Waals surface area contributed by atoms with Crippen LogP contribution >= 0.6 is 23.1 Å². The highest BCUT2D eigenvalue weighted by atomic mass is 32.2. The van der Waals surface area contributed by atoms with Crippen LogP contribution in [0.15, 0.2) is 71.7 Å². The maximum absolute atomic E-state index is 10.2. The first kappa shape index (κ1) is 21.2. The van der Waals surface area contributed by atoms with Gasteiger partial charge in [0.25, 0.3) is 0 Å². The lowest BCUT2D eigenvalue weighted by atomic mass is 10.1. The van der Waals surface area contributed by atoms with E-state index in [2.05, 4.69) is 37.6 Å². The van der Waals surface area contributed by atoms with Crippen LogP contribution in [0.4, 0.5) is 0 Å². The molecule has 1 aromatic heterocycles. The molecule has 0 aliphatic carbocycles. The number of para-hydroxylation sites is 1. The van der Waals surface area contributed by atoms with Crippen molar-refractivity contribution in [2.75, 3.05) is 5.75 Å². The van der Waals surface area contributed by atoms with Crippen molar-refractivity contribution in [3.63, 3.8) is 0 Å². The molecule has 0 fully saturated rings. The van der Waals surface area contributed by atoms with E-state index in [9.17, 15) is 5.11 Å². The zero-order valence-corrected chi connectivity index (χ0v) is 18.4. The average Bonchev–Trinajstić information content (AvgIpc) is 3.16. The number of thioether (sulfide) groups is 1. The number of nitrogens with zero attached hydrogens (tertiary/aromatic N) is 1. The van der Waals surface area contributed by atoms with Crippen molar-refractivity contribution < 1.29 is 5.11 Å². The third kappa shape index (κ3) is 5.72. The first-order valence-corrected chi connectivity index (χ1v) is 11.4. The predicted octanol–water partition coefficient (Wildman–Crippen LogP) is 7.79. The number of hydrogen-bond acceptors (Lipinski definition) is 4. The Morgan fingerprint density at radius 1 is 1.17 bits per heavy atom. The number of phenols is 1. The van der Waals surface area contributed by atoms with Gasteiger partial charge in [-0.25, -0.2) is 4.98 Å². The van der Waals surface area contributed by atoms with Gasteiger partial charge in [0.1, 0.15) is 10.8 Å². The van der Waals surface area contributed by atoms with Crippen molar-refractivity contribution in [3.05, 3.63) is 87.8 Å². The highest BCUT2D eigenvalue weighted by Crippen LogP contribution is 2.26. The Morgan fingerprint density at radius 2 is 2.00 bits per heavy atom. The van der Waals surface area contributed by atoms with E-state index < -0.39 is 0 Å². The molecule has 2 aromatic carbocycles. The Morgan fingerprint density at radius 3 is 2.76 bits per heavy atom. The molecule has 148 valence electrons. The smallest absolute Gasteiger partial charge is 0.122 e. The molecule has 0 spiro atoms. The van der Waals surface area contributed by atoms with Crippen LogP contribution in [0.3, 0.4) is 0 Å². The summed E-state index contributed by atoms with van der Waals surface area (Å²) >= 11 is 3.49. The maximum Gasteiger partial charge on any atom is 0.122 e. The lowest BCUT2D eigenvalue weighted by molar-refractivity contribution is 0.474. The van der Waals surface area contributed by atoms with Crippen molar-refractivity contribution >= 4 is 51.5 Å². The normalized spacial score (nSPS) is 12.8. The summed E-state index contributed by atoms with van der Waals surface area (Å²) in [6, 6.07) is 13.8. The molecule has 3 aromatic rings. The third-order valence-electron chi connectivity index (χ3n) is 4.50. The number of allylic oxidation sites excluding steroid dienone is 3. The van der Waals surface area contributed by atoms with Gasteiger partial charge in [-0.1, -0.05) is 56.0 Å². The fourth-order valence-corrected chi connectivity index (χ4v) is 4.65. The fourth-order valence-electron chi connectivity index (χ4n) is 2.87. The van der Waals surface area contributed by atoms with E-state index in [0.29, 0.717) is 0 Å². The minimum atomic E-state index is 0.289. The van der Waals surface area contributed by atoms with Crippen molar-refractivity contribution in [2.24, 2.45) is 0 Å². The van der Waals surface area contributed by atoms with Crippen LogP contribution < -0.4 is 0 Å². The molecular formula is C25H25NOS2. The number of phenolic OH excluding ortho intramolecular Hbond substituents is 1. The third-order valence-corrected chi connectivity index (χ3v) is 6.82. The lowest BCUT2D eigenvalue weighted by Gasteiger charge is -2.05. The van der Waals surface area contributed by atoms with E-state index in [1.165, 1.54) is 15.2 Å². The SMILES string of the molecule is C=C/C(C)=C(\CC)SC/C=C/c1cc(/C=C/c2nc3ccccc3s2)ccc1O. The maximum atomic E-state index is 10.2. The van der Waals surface area contributed by atoms with Gasteiger partial charge >= 0.3 is 0 Å². The van der Waals surface area contributed by atoms with Crippen LogP contribution in [0.5, 0.6) is 5.75 Å². The number of hydrogen-bond donors (Lipinski definition) is 1. The molecule has 3 rings (SSSR count). The van der Waals surface area contributed by atoms with Gasteiger partial charge in [-0.3, -0.25) is 0 Å². The van der Waals surface area contributed by atoms with Crippen LogP contribution in [0, 0.1) is 0 Å². The number of aromatic hydroxyl groups is 1. The Balaban J connectivity index is 1.70. The summed E-state index contributed by atoms with van der Waals surface area (Å²) in [4.78, 5) is 5.98. The minimum absolute atomic E-state index is 0.289. The van der Waals surface area contributed by atoms with Crippen LogP contribution in [0.1, 0.15) is 36.4 Å². The monoisotopic (exact) mass is 419 g/mol. The van der Waals surface area contributed by atoms with Gasteiger partial charge in [-0.05, 0) is 59.7 Å². The summed E-state index contributed by atoms with van der Waals surface area (Å²) in [5, 5.41) is 11.2. The quantitative estimate of drug-likeness (QED) is 0.378. The Bertz CT molecular complexity index is 1060. The van der Waals surface area contributed by atoms with E-state index in [1.807, 2.05) is 66.4 Å². The van der Waals surface area contributed by atoms with Gasteiger partial charge < -0.3 is 5.11 Å². The zero-order valence-electron chi connectivity index (χ0n) is 16.8. The summed E-state index contributed by atoms with van der Waals surface area (Å²) in [6.07, 6.45) is 11.0. The molecule has 0 radical (unpaired) electrons. The van der Waals surface area contributed by atoms with Gasteiger partial charge in [-0.2, -0.15) is 0 Å². The standard InChI is InChI=1S/C25H25NOS2/c1-4-18(3)23(5-2)28-16-8-9-20-17-19(12-14-22(20)27)13-15-25-26-21-10-6-7-11-24(21)29-25/h4,6-15,17,27H,1,5,16H2,2-3H3/b9-8+,15-13+,23-18+. The molecule has 0 aliphatic rings. The molecule has 0 saturated carbocycles. The molecule has 2 nitrogen and oxygen atoms in total. The molecule has 0 bridgehead atoms. The van der Waals surface area contributed by atoms with Crippen LogP contribution in [0.25, 0.3) is 28.4 Å². The number of aromatic nitrogens is 1. The van der Waals surface area contributed by atoms with E-state index in [4.69, 9.17) is 0 Å². The highest BCUT2D eigenvalue weighted by Gasteiger charge is 2.02. The van der Waals surface area contributed by atoms with Crippen molar-refractivity contribution in [2.45, 2.75) is 20.3 Å². The molecular weight excluding hydrogens is 394 g/mol. The summed E-state index contributed by atoms with van der Waals surface area (Å²) < 4.78 is 1.19. The summed E-state index contributed by atoms with van der Waals surface area (Å²) in [5.74, 6) is 1.15. The zero-order chi connectivity index (χ0) is 20.6. The van der Waals surface area contributed by atoms with Crippen LogP contribution in [-0.2, 0) is 0 Å². The molecule has 1 heterocycles. The largest absolute Gasteiger partial charge is 0.507 e. The second-order valence-corrected chi connectivity index (χ2v) is 8.73. The van der Waals surface area contributed by atoms with Crippen LogP contribution in [0.2, 0.25) is 0 Å². The van der Waals surface area contributed by atoms with E-state index in [-0.39, 0.29) is 5.75 Å². The first-order valence-electron chi connectivity index (χ1n) is 9.59. The molecule has 4 heteroatoms. The molecule has 0 unspecified atom stereocenters. The summed E-state index contributed by atoms with van der Waals surface area (Å²) in [5.41, 5.74) is 4.11. The number of benzene rings is 2. The Labute approximate surface area is 181 Å². The van der Waals surface area contributed by atoms with Crippen molar-refractivity contribution in [1.82, 2.24) is 4.98 Å². The van der Waals surface area contributed by atoms with Gasteiger partial charge in [0, 0.05) is 11.3 Å². The van der Waals surface area contributed by atoms with Gasteiger partial charge in [0.05, 0.1) is 10.2 Å². The number of rotatable bonds is 8. The van der Waals surface area contributed by atoms with Gasteiger partial charge in [0.15, 0.2) is 0 Å². The van der Waals surface area contributed by atoms with Crippen LogP contribution in [-0.4, -0.2) is 15.8 Å². The van der Waals surface area contributed by atoms with Crippen molar-refractivity contribution in [3.8, 4) is 5.75 Å². The number of fused-ring (bicyclic) bond motifs is 1. The second-order valence-electron chi connectivity index (χ2n) is 6.55. The Kier molecular flexibility index (Phi) is 7.50. The fraction of sp³-hybridized carbons (Fsp3) is 0.160. The van der Waals surface area contributed by atoms with E-state index >= 15 is 0 Å². The molecule has 1 N–H and O–H groups in total. The highest BCUT2D eigenvalue weighted by molar-refractivity contribution is 8.03. The lowest BCUT2D eigenvalue weighted by Crippen LogP contribution is -1.82. The van der Waals surface area contributed by atoms with Gasteiger partial charge in [-0.15, -0.1) is 23.1 Å². The summed E-state index contributed by atoms with van der Waals surface area (Å²) in [7, 11) is 0. The average molecular weight is 420 g/mol. The number of thiazole rings is 1. The van der Waals surface area contributed by atoms with E-state index in [1.54, 1.807) is 17.4 Å². The van der Waals surface area contributed by atoms with Gasteiger partial charge in [0.2, 0.25) is 0 Å². The van der Waals surface area contributed by atoms with Crippen molar-refractivity contribution in [1.29, 1.82) is 0 Å². The predicted molar refractivity (Wildman–Crippen MR) is 131 cm³/mol.